The van der Waals surface area contributed by atoms with Crippen molar-refractivity contribution in [3.05, 3.63) is 71.2 Å². The Morgan fingerprint density at radius 1 is 0.950 bits per heavy atom. The third kappa shape index (κ3) is 6.60. The number of Topliss-reactive ketones (excluding diaryl/α,β-unsaturated/α-hetero) is 1. The van der Waals surface area contributed by atoms with Crippen molar-refractivity contribution in [2.75, 3.05) is 32.7 Å². The molecule has 1 aromatic heterocycles. The highest BCUT2D eigenvalue weighted by atomic mass is 19.1. The van der Waals surface area contributed by atoms with Gasteiger partial charge in [0.2, 0.25) is 5.78 Å². The second kappa shape index (κ2) is 13.9. The van der Waals surface area contributed by atoms with E-state index in [9.17, 15) is 18.8 Å². The number of nitrogens with zero attached hydrogens (tertiary/aromatic N) is 4. The topological polar surface area (TPSA) is 65.9 Å². The van der Waals surface area contributed by atoms with Crippen LogP contribution in [0.1, 0.15) is 59.9 Å². The van der Waals surface area contributed by atoms with E-state index in [-0.39, 0.29) is 17.8 Å². The van der Waals surface area contributed by atoms with Crippen LogP contribution in [0.25, 0.3) is 10.9 Å². The van der Waals surface area contributed by atoms with E-state index in [1.54, 1.807) is 41.4 Å². The Hall–Kier alpha value is -3.96. The van der Waals surface area contributed by atoms with Gasteiger partial charge in [-0.1, -0.05) is 26.0 Å². The summed E-state index contributed by atoms with van der Waals surface area (Å²) < 4.78 is 15.1. The lowest BCUT2D eigenvalue weighted by Gasteiger charge is -2.40. The zero-order chi connectivity index (χ0) is 29.4. The van der Waals surface area contributed by atoms with Gasteiger partial charge in [-0.25, -0.2) is 4.39 Å². The molecular weight excluding hydrogens is 507 g/mol. The number of aryl methyl sites for hydroxylation is 1. The number of rotatable bonds is 5. The number of likely N-dealkylation sites (tertiary alicyclic amines) is 1. The number of carbonyl (C=O) groups excluding carboxylic acids is 3. The number of piperazine rings is 1. The smallest absolute Gasteiger partial charge is 0.294 e. The van der Waals surface area contributed by atoms with E-state index < -0.39 is 11.7 Å². The maximum absolute atomic E-state index is 13.7. The predicted octanol–water partition coefficient (Wildman–Crippen LogP) is 4.74. The minimum atomic E-state index is -0.524. The average Bonchev–Trinajstić information content (AvgIpc) is 3.64. The molecule has 212 valence electrons. The Balaban J connectivity index is 0.00000106. The highest BCUT2D eigenvalue weighted by Crippen LogP contribution is 2.26. The van der Waals surface area contributed by atoms with Crippen LogP contribution < -0.4 is 0 Å². The van der Waals surface area contributed by atoms with E-state index >= 15 is 0 Å². The highest BCUT2D eigenvalue weighted by Gasteiger charge is 2.31. The molecule has 40 heavy (non-hydrogen) atoms. The van der Waals surface area contributed by atoms with Crippen LogP contribution in [-0.4, -0.2) is 75.6 Å². The number of terminal acetylenes is 1. The van der Waals surface area contributed by atoms with Crippen molar-refractivity contribution in [1.29, 1.82) is 0 Å². The molecule has 2 fully saturated rings. The molecule has 2 aliphatic rings. The molecule has 5 rings (SSSR count). The number of benzene rings is 2. The molecule has 0 N–H and O–H groups in total. The van der Waals surface area contributed by atoms with Crippen LogP contribution in [0.4, 0.5) is 4.39 Å². The normalized spacial score (nSPS) is 17.0. The molecule has 7 nitrogen and oxygen atoms in total. The lowest BCUT2D eigenvalue weighted by molar-refractivity contribution is -0.125. The average molecular weight is 547 g/mol. The maximum Gasteiger partial charge on any atom is 0.294 e. The van der Waals surface area contributed by atoms with Gasteiger partial charge < -0.3 is 14.4 Å². The van der Waals surface area contributed by atoms with E-state index in [1.807, 2.05) is 37.3 Å². The van der Waals surface area contributed by atoms with Gasteiger partial charge in [0.05, 0.1) is 5.56 Å². The first kappa shape index (κ1) is 30.6. The molecule has 2 aromatic carbocycles. The van der Waals surface area contributed by atoms with Crippen LogP contribution in [-0.2, 0) is 18.4 Å². The molecule has 0 spiro atoms. The summed E-state index contributed by atoms with van der Waals surface area (Å²) in [5.74, 6) is -1.32. The third-order valence-electron chi connectivity index (χ3n) is 7.36. The number of hydrogen-bond acceptors (Lipinski definition) is 4. The summed E-state index contributed by atoms with van der Waals surface area (Å²) in [6.45, 7) is 9.97. The van der Waals surface area contributed by atoms with Crippen LogP contribution in [0, 0.1) is 18.7 Å². The standard InChI is InChI=1S/C28H31FN4O3.C2H6.C2H2/c1-19-16-31(17-20-5-8-22(29)9-6-20)13-14-33(19)27(35)24-18-30(2)25-10-7-21(15-23(24)25)26(34)28(36)32-11-3-4-12-32;2*1-2/h5-10,15,18-19H,3-4,11-14,16-17H2,1-2H3;1-2H3;1-2H/t19-;;/m1../s1. The molecule has 0 aliphatic carbocycles. The number of carbonyl (C=O) groups is 3. The number of aromatic nitrogens is 1. The molecule has 8 heteroatoms. The van der Waals surface area contributed by atoms with Crippen LogP contribution in [0.3, 0.4) is 0 Å². The van der Waals surface area contributed by atoms with Crippen molar-refractivity contribution < 1.29 is 18.8 Å². The molecule has 1 atom stereocenters. The summed E-state index contributed by atoms with van der Waals surface area (Å²) in [6.07, 6.45) is 11.6. The third-order valence-corrected chi connectivity index (χ3v) is 7.36. The Labute approximate surface area is 236 Å². The fourth-order valence-corrected chi connectivity index (χ4v) is 5.37. The molecule has 2 aliphatic heterocycles. The van der Waals surface area contributed by atoms with Gasteiger partial charge in [0.15, 0.2) is 0 Å². The summed E-state index contributed by atoms with van der Waals surface area (Å²) in [4.78, 5) is 45.0. The van der Waals surface area contributed by atoms with Crippen LogP contribution >= 0.6 is 0 Å². The minimum absolute atomic E-state index is 0.0106. The van der Waals surface area contributed by atoms with Crippen molar-refractivity contribution in [1.82, 2.24) is 19.3 Å². The number of amides is 2. The Morgan fingerprint density at radius 3 is 2.23 bits per heavy atom. The van der Waals surface area contributed by atoms with Gasteiger partial charge in [-0.2, -0.15) is 0 Å². The van der Waals surface area contributed by atoms with Crippen molar-refractivity contribution in [3.63, 3.8) is 0 Å². The SMILES string of the molecule is C#C.CC.C[C@@H]1CN(Cc2ccc(F)cc2)CCN1C(=O)c1cn(C)c2ccc(C(=O)C(=O)N3CCCC3)cc12. The van der Waals surface area contributed by atoms with E-state index in [0.29, 0.717) is 55.8 Å². The molecule has 0 radical (unpaired) electrons. The first-order chi connectivity index (χ1) is 19.3. The van der Waals surface area contributed by atoms with Gasteiger partial charge in [-0.05, 0) is 55.7 Å². The van der Waals surface area contributed by atoms with E-state index in [2.05, 4.69) is 17.7 Å². The number of hydrogen-bond donors (Lipinski definition) is 0. The molecule has 3 heterocycles. The minimum Gasteiger partial charge on any atom is -0.350 e. The summed E-state index contributed by atoms with van der Waals surface area (Å²) in [7, 11) is 1.88. The summed E-state index contributed by atoms with van der Waals surface area (Å²) in [5, 5.41) is 0.684. The highest BCUT2D eigenvalue weighted by molar-refractivity contribution is 6.43. The summed E-state index contributed by atoms with van der Waals surface area (Å²) in [5.41, 5.74) is 2.73. The van der Waals surface area contributed by atoms with Crippen LogP contribution in [0.15, 0.2) is 48.7 Å². The van der Waals surface area contributed by atoms with Crippen LogP contribution in [0.2, 0.25) is 0 Å². The zero-order valence-electron chi connectivity index (χ0n) is 23.9. The lowest BCUT2D eigenvalue weighted by Crippen LogP contribution is -2.53. The monoisotopic (exact) mass is 546 g/mol. The first-order valence-electron chi connectivity index (χ1n) is 13.9. The number of fused-ring (bicyclic) bond motifs is 1. The molecule has 0 saturated carbocycles. The van der Waals surface area contributed by atoms with Gasteiger partial charge in [-0.3, -0.25) is 19.3 Å². The van der Waals surface area contributed by atoms with Crippen molar-refractivity contribution in [2.45, 2.75) is 46.2 Å². The molecule has 2 amide bonds. The Kier molecular flexibility index (Phi) is 10.6. The zero-order valence-corrected chi connectivity index (χ0v) is 23.9. The molecular formula is C32H39FN4O3. The van der Waals surface area contributed by atoms with Crippen LogP contribution in [0.5, 0.6) is 0 Å². The Morgan fingerprint density at radius 2 is 1.60 bits per heavy atom. The predicted molar refractivity (Wildman–Crippen MR) is 156 cm³/mol. The maximum atomic E-state index is 13.7. The number of ketones is 1. The van der Waals surface area contributed by atoms with Gasteiger partial charge in [0.1, 0.15) is 5.82 Å². The summed E-state index contributed by atoms with van der Waals surface area (Å²) in [6, 6.07) is 11.7. The second-order valence-corrected chi connectivity index (χ2v) is 9.92. The van der Waals surface area contributed by atoms with Crippen molar-refractivity contribution in [3.8, 4) is 12.8 Å². The molecule has 0 bridgehead atoms. The molecule has 2 saturated heterocycles. The molecule has 0 unspecified atom stereocenters. The van der Waals surface area contributed by atoms with E-state index in [1.165, 1.54) is 12.1 Å². The van der Waals surface area contributed by atoms with Gasteiger partial charge >= 0.3 is 0 Å². The molecule has 3 aromatic rings. The number of halogens is 1. The quantitative estimate of drug-likeness (QED) is 0.263. The first-order valence-corrected chi connectivity index (χ1v) is 13.9. The van der Waals surface area contributed by atoms with E-state index in [4.69, 9.17) is 0 Å². The van der Waals surface area contributed by atoms with Gasteiger partial charge in [0.25, 0.3) is 11.8 Å². The van der Waals surface area contributed by atoms with Crippen molar-refractivity contribution >= 4 is 28.5 Å². The van der Waals surface area contributed by atoms with E-state index in [0.717, 1.165) is 23.9 Å². The lowest BCUT2D eigenvalue weighted by atomic mass is 10.0. The second-order valence-electron chi connectivity index (χ2n) is 9.92. The summed E-state index contributed by atoms with van der Waals surface area (Å²) >= 11 is 0. The fourth-order valence-electron chi connectivity index (χ4n) is 5.37. The van der Waals surface area contributed by atoms with Crippen molar-refractivity contribution in [2.24, 2.45) is 7.05 Å². The van der Waals surface area contributed by atoms with Gasteiger partial charge in [-0.15, -0.1) is 12.8 Å². The van der Waals surface area contributed by atoms with Gasteiger partial charge in [0, 0.05) is 75.0 Å². The Bertz CT molecular complexity index is 1360. The largest absolute Gasteiger partial charge is 0.350 e. The fraction of sp³-hybridized carbons (Fsp3) is 0.406.